The summed E-state index contributed by atoms with van der Waals surface area (Å²) < 4.78 is 15.1. The fourth-order valence-electron chi connectivity index (χ4n) is 2.63. The Kier molecular flexibility index (Phi) is 3.11. The van der Waals surface area contributed by atoms with Crippen molar-refractivity contribution in [3.05, 3.63) is 42.2 Å². The summed E-state index contributed by atoms with van der Waals surface area (Å²) >= 11 is 0. The number of nitrogens with zero attached hydrogens (tertiary/aromatic N) is 6. The number of carbonyl (C=O) groups excluding carboxylic acids is 1. The van der Waals surface area contributed by atoms with E-state index in [1.165, 1.54) is 15.6 Å². The molecule has 1 saturated heterocycles. The lowest BCUT2D eigenvalue weighted by Crippen LogP contribution is -2.34. The molecule has 8 nitrogen and oxygen atoms in total. The van der Waals surface area contributed by atoms with Gasteiger partial charge in [-0.15, -0.1) is 14.8 Å². The lowest BCUT2D eigenvalue weighted by molar-refractivity contribution is -0.117. The van der Waals surface area contributed by atoms with Crippen molar-refractivity contribution in [1.29, 1.82) is 0 Å². The second kappa shape index (κ2) is 5.27. The zero-order valence-corrected chi connectivity index (χ0v) is 11.9. The van der Waals surface area contributed by atoms with Gasteiger partial charge in [0.25, 0.3) is 0 Å². The van der Waals surface area contributed by atoms with Gasteiger partial charge in [-0.3, -0.25) is 4.79 Å². The summed E-state index contributed by atoms with van der Waals surface area (Å²) in [5.41, 5.74) is 0.812. The zero-order chi connectivity index (χ0) is 15.8. The molecule has 9 heteroatoms. The van der Waals surface area contributed by atoms with Gasteiger partial charge >= 0.3 is 0 Å². The van der Waals surface area contributed by atoms with Crippen LogP contribution in [0.5, 0.6) is 0 Å². The van der Waals surface area contributed by atoms with Crippen molar-refractivity contribution in [3.8, 4) is 0 Å². The van der Waals surface area contributed by atoms with Crippen molar-refractivity contribution in [1.82, 2.24) is 25.3 Å². The van der Waals surface area contributed by atoms with Gasteiger partial charge in [0.05, 0.1) is 5.69 Å². The van der Waals surface area contributed by atoms with Crippen molar-refractivity contribution in [2.75, 3.05) is 16.8 Å². The van der Waals surface area contributed by atoms with Crippen LogP contribution in [0.4, 0.5) is 15.9 Å². The number of hydrogen-bond acceptors (Lipinski definition) is 6. The molecule has 1 fully saturated rings. The van der Waals surface area contributed by atoms with Crippen LogP contribution in [0.1, 0.15) is 6.42 Å². The van der Waals surface area contributed by atoms with Crippen molar-refractivity contribution in [3.63, 3.8) is 0 Å². The Morgan fingerprint density at radius 3 is 2.96 bits per heavy atom. The monoisotopic (exact) mass is 313 g/mol. The lowest BCUT2D eigenvalue weighted by atomic mass is 10.2. The molecular formula is C14H12FN7O. The van der Waals surface area contributed by atoms with Gasteiger partial charge in [0, 0.05) is 6.54 Å². The molecule has 3 aromatic rings. The van der Waals surface area contributed by atoms with Crippen LogP contribution in [-0.2, 0) is 4.79 Å². The number of para-hydroxylation sites is 1. The van der Waals surface area contributed by atoms with E-state index in [0.717, 1.165) is 0 Å². The molecule has 2 aromatic heterocycles. The first kappa shape index (κ1) is 13.6. The highest BCUT2D eigenvalue weighted by Gasteiger charge is 2.33. The highest BCUT2D eigenvalue weighted by molar-refractivity contribution is 6.01. The smallest absolute Gasteiger partial charge is 0.249 e. The predicted octanol–water partition coefficient (Wildman–Crippen LogP) is 0.876. The normalized spacial score (nSPS) is 17.9. The SMILES string of the molecule is O=C1C(Nc2ccc3nnnn3n2)CCN1c1ccccc1F. The second-order valence-corrected chi connectivity index (χ2v) is 5.17. The first-order valence-electron chi connectivity index (χ1n) is 7.10. The maximum atomic E-state index is 13.9. The van der Waals surface area contributed by atoms with Crippen molar-refractivity contribution < 1.29 is 9.18 Å². The van der Waals surface area contributed by atoms with E-state index in [1.807, 2.05) is 0 Å². The van der Waals surface area contributed by atoms with Crippen LogP contribution in [0.25, 0.3) is 5.65 Å². The first-order valence-corrected chi connectivity index (χ1v) is 7.10. The second-order valence-electron chi connectivity index (χ2n) is 5.17. The summed E-state index contributed by atoms with van der Waals surface area (Å²) in [4.78, 5) is 13.9. The quantitative estimate of drug-likeness (QED) is 0.772. The highest BCUT2D eigenvalue weighted by Crippen LogP contribution is 2.25. The van der Waals surface area contributed by atoms with Crippen LogP contribution < -0.4 is 10.2 Å². The number of tetrazole rings is 1. The van der Waals surface area contributed by atoms with E-state index in [-0.39, 0.29) is 5.91 Å². The molecule has 116 valence electrons. The van der Waals surface area contributed by atoms with Gasteiger partial charge < -0.3 is 10.2 Å². The number of anilines is 2. The molecule has 1 aromatic carbocycles. The maximum Gasteiger partial charge on any atom is 0.249 e. The number of nitrogens with one attached hydrogen (secondary N) is 1. The number of hydrogen-bond donors (Lipinski definition) is 1. The summed E-state index contributed by atoms with van der Waals surface area (Å²) in [6, 6.07) is 9.18. The van der Waals surface area contributed by atoms with Gasteiger partial charge in [0.1, 0.15) is 17.7 Å². The number of fused-ring (bicyclic) bond motifs is 1. The van der Waals surface area contributed by atoms with Gasteiger partial charge in [-0.25, -0.2) is 4.39 Å². The van der Waals surface area contributed by atoms with E-state index in [4.69, 9.17) is 0 Å². The molecule has 4 rings (SSSR count). The fourth-order valence-corrected chi connectivity index (χ4v) is 2.63. The molecule has 1 unspecified atom stereocenters. The molecule has 0 bridgehead atoms. The van der Waals surface area contributed by atoms with E-state index in [2.05, 4.69) is 25.9 Å². The number of rotatable bonds is 3. The Balaban J connectivity index is 1.54. The summed E-state index contributed by atoms with van der Waals surface area (Å²) in [7, 11) is 0. The summed E-state index contributed by atoms with van der Waals surface area (Å²) in [6.45, 7) is 0.449. The average Bonchev–Trinajstić information content (AvgIpc) is 3.15. The molecule has 3 heterocycles. The summed E-state index contributed by atoms with van der Waals surface area (Å²) in [5.74, 6) is -0.109. The molecule has 1 amide bonds. The van der Waals surface area contributed by atoms with Gasteiger partial charge in [-0.1, -0.05) is 12.1 Å². The number of benzene rings is 1. The van der Waals surface area contributed by atoms with E-state index in [0.29, 0.717) is 30.1 Å². The topological polar surface area (TPSA) is 88.3 Å². The van der Waals surface area contributed by atoms with E-state index >= 15 is 0 Å². The Hall–Kier alpha value is -3.10. The van der Waals surface area contributed by atoms with Gasteiger partial charge in [0.2, 0.25) is 5.91 Å². The highest BCUT2D eigenvalue weighted by atomic mass is 19.1. The third-order valence-corrected chi connectivity index (χ3v) is 3.74. The van der Waals surface area contributed by atoms with Gasteiger partial charge in [-0.05, 0) is 41.1 Å². The standard InChI is InChI=1S/C14H12FN7O/c15-9-3-1-2-4-11(9)21-8-7-10(14(21)23)16-12-5-6-13-17-19-20-22(13)18-12/h1-6,10H,7-8H2,(H,16,18). The summed E-state index contributed by atoms with van der Waals surface area (Å²) in [6.07, 6.45) is 0.558. The molecule has 1 aliphatic heterocycles. The fraction of sp³-hybridized carbons (Fsp3) is 0.214. The number of carbonyl (C=O) groups is 1. The third kappa shape index (κ3) is 2.35. The largest absolute Gasteiger partial charge is 0.357 e. The molecule has 0 saturated carbocycles. The van der Waals surface area contributed by atoms with Crippen LogP contribution in [0, 0.1) is 5.82 Å². The van der Waals surface area contributed by atoms with Gasteiger partial charge in [0.15, 0.2) is 5.65 Å². The molecule has 0 radical (unpaired) electrons. The molecule has 23 heavy (non-hydrogen) atoms. The third-order valence-electron chi connectivity index (χ3n) is 3.74. The molecule has 1 N–H and O–H groups in total. The van der Waals surface area contributed by atoms with Crippen LogP contribution in [0.2, 0.25) is 0 Å². The Labute approximate surface area is 129 Å². The zero-order valence-electron chi connectivity index (χ0n) is 11.9. The molecule has 1 atom stereocenters. The van der Waals surface area contributed by atoms with Gasteiger partial charge in [-0.2, -0.15) is 0 Å². The molecule has 0 spiro atoms. The maximum absolute atomic E-state index is 13.9. The number of aromatic nitrogens is 5. The molecule has 0 aliphatic carbocycles. The molecular weight excluding hydrogens is 301 g/mol. The number of amides is 1. The van der Waals surface area contributed by atoms with Crippen LogP contribution >= 0.6 is 0 Å². The predicted molar refractivity (Wildman–Crippen MR) is 79.4 cm³/mol. The Morgan fingerprint density at radius 2 is 2.09 bits per heavy atom. The molecule has 1 aliphatic rings. The minimum absolute atomic E-state index is 0.186. The van der Waals surface area contributed by atoms with Crippen molar-refractivity contribution in [2.45, 2.75) is 12.5 Å². The minimum Gasteiger partial charge on any atom is -0.357 e. The summed E-state index contributed by atoms with van der Waals surface area (Å²) in [5, 5.41) is 18.2. The van der Waals surface area contributed by atoms with Crippen LogP contribution in [0.15, 0.2) is 36.4 Å². The minimum atomic E-state index is -0.462. The Morgan fingerprint density at radius 1 is 1.22 bits per heavy atom. The van der Waals surface area contributed by atoms with Crippen LogP contribution in [-0.4, -0.2) is 43.7 Å². The first-order chi connectivity index (χ1) is 11.2. The lowest BCUT2D eigenvalue weighted by Gasteiger charge is -2.17. The van der Waals surface area contributed by atoms with Crippen molar-refractivity contribution >= 4 is 23.1 Å². The van der Waals surface area contributed by atoms with E-state index < -0.39 is 11.9 Å². The van der Waals surface area contributed by atoms with Crippen LogP contribution in [0.3, 0.4) is 0 Å². The Bertz CT molecular complexity index is 880. The average molecular weight is 313 g/mol. The van der Waals surface area contributed by atoms with E-state index in [1.54, 1.807) is 30.3 Å². The van der Waals surface area contributed by atoms with Crippen molar-refractivity contribution in [2.24, 2.45) is 0 Å². The number of halogens is 1. The van der Waals surface area contributed by atoms with E-state index in [9.17, 15) is 9.18 Å².